The van der Waals surface area contributed by atoms with Gasteiger partial charge in [0.15, 0.2) is 0 Å². The van der Waals surface area contributed by atoms with Gasteiger partial charge in [-0.15, -0.1) is 11.8 Å². The van der Waals surface area contributed by atoms with Gasteiger partial charge >= 0.3 is 0 Å². The van der Waals surface area contributed by atoms with Crippen molar-refractivity contribution in [2.24, 2.45) is 0 Å². The second kappa shape index (κ2) is 6.11. The van der Waals surface area contributed by atoms with Gasteiger partial charge in [-0.25, -0.2) is 4.98 Å². The molecular weight excluding hydrogens is 258 g/mol. The molecule has 2 rings (SSSR count). The summed E-state index contributed by atoms with van der Waals surface area (Å²) in [5, 5.41) is 11.7. The summed E-state index contributed by atoms with van der Waals surface area (Å²) in [4.78, 5) is 8.70. The van der Waals surface area contributed by atoms with Crippen LogP contribution in [0.25, 0.3) is 0 Å². The monoisotopic (exact) mass is 281 g/mol. The molecule has 2 heterocycles. The van der Waals surface area contributed by atoms with Crippen LogP contribution in [0.1, 0.15) is 12.8 Å². The minimum Gasteiger partial charge on any atom is -0.387 e. The third-order valence-electron chi connectivity index (χ3n) is 3.46. The number of likely N-dealkylation sites (N-methyl/N-ethyl adjacent to an activating group) is 1. The van der Waals surface area contributed by atoms with E-state index >= 15 is 0 Å². The normalized spacial score (nSPS) is 23.9. The van der Waals surface area contributed by atoms with Gasteiger partial charge in [-0.1, -0.05) is 0 Å². The molecule has 106 valence electrons. The van der Waals surface area contributed by atoms with Crippen LogP contribution in [-0.4, -0.2) is 60.6 Å². The molecule has 0 saturated carbocycles. The van der Waals surface area contributed by atoms with E-state index in [1.165, 1.54) is 0 Å². The van der Waals surface area contributed by atoms with E-state index < -0.39 is 5.60 Å². The highest BCUT2D eigenvalue weighted by Gasteiger charge is 2.33. The number of thioether (sulfide) groups is 1. The molecular formula is C14H23N3OS. The summed E-state index contributed by atoms with van der Waals surface area (Å²) in [6.45, 7) is 2.39. The van der Waals surface area contributed by atoms with Crippen molar-refractivity contribution in [2.45, 2.75) is 23.5 Å². The van der Waals surface area contributed by atoms with E-state index in [-0.39, 0.29) is 0 Å². The fourth-order valence-corrected chi connectivity index (χ4v) is 3.09. The Morgan fingerprint density at radius 1 is 1.47 bits per heavy atom. The van der Waals surface area contributed by atoms with E-state index in [1.54, 1.807) is 11.8 Å². The van der Waals surface area contributed by atoms with E-state index in [9.17, 15) is 5.11 Å². The molecule has 1 aromatic heterocycles. The molecule has 19 heavy (non-hydrogen) atoms. The molecule has 5 heteroatoms. The number of anilines is 1. The molecule has 0 bridgehead atoms. The maximum absolute atomic E-state index is 10.7. The lowest BCUT2D eigenvalue weighted by Gasteiger charge is -2.41. The highest BCUT2D eigenvalue weighted by atomic mass is 32.2. The summed E-state index contributed by atoms with van der Waals surface area (Å²) in [5.41, 5.74) is 0.495. The first kappa shape index (κ1) is 14.6. The van der Waals surface area contributed by atoms with E-state index in [0.29, 0.717) is 13.1 Å². The summed E-state index contributed by atoms with van der Waals surface area (Å²) in [6.07, 6.45) is 5.83. The van der Waals surface area contributed by atoms with Crippen LogP contribution in [-0.2, 0) is 0 Å². The molecule has 1 aromatic rings. The van der Waals surface area contributed by atoms with E-state index in [2.05, 4.69) is 20.9 Å². The van der Waals surface area contributed by atoms with Crippen molar-refractivity contribution in [3.8, 4) is 0 Å². The molecule has 1 saturated heterocycles. The van der Waals surface area contributed by atoms with E-state index in [1.807, 2.05) is 32.6 Å². The van der Waals surface area contributed by atoms with Gasteiger partial charge in [0, 0.05) is 19.6 Å². The van der Waals surface area contributed by atoms with Gasteiger partial charge in [0.2, 0.25) is 0 Å². The topological polar surface area (TPSA) is 39.6 Å². The SMILES string of the molecule is CSc1ccc(N2CCC[C@@](O)(CN(C)C)C2)cn1. The Balaban J connectivity index is 2.07. The van der Waals surface area contributed by atoms with Gasteiger partial charge in [0.05, 0.1) is 22.5 Å². The van der Waals surface area contributed by atoms with Gasteiger partial charge in [0.25, 0.3) is 0 Å². The van der Waals surface area contributed by atoms with Crippen LogP contribution in [0.5, 0.6) is 0 Å². The Morgan fingerprint density at radius 3 is 2.84 bits per heavy atom. The maximum Gasteiger partial charge on any atom is 0.0958 e. The van der Waals surface area contributed by atoms with Crippen LogP contribution in [0.4, 0.5) is 5.69 Å². The number of rotatable bonds is 4. The maximum atomic E-state index is 10.7. The van der Waals surface area contributed by atoms with Crippen molar-refractivity contribution < 1.29 is 5.11 Å². The van der Waals surface area contributed by atoms with Crippen LogP contribution < -0.4 is 4.90 Å². The average molecular weight is 281 g/mol. The first-order valence-electron chi connectivity index (χ1n) is 6.64. The highest BCUT2D eigenvalue weighted by Crippen LogP contribution is 2.26. The molecule has 0 spiro atoms. The summed E-state index contributed by atoms with van der Waals surface area (Å²) in [5.74, 6) is 0. The number of hydrogen-bond donors (Lipinski definition) is 1. The Hall–Kier alpha value is -0.780. The lowest BCUT2D eigenvalue weighted by atomic mass is 9.92. The third kappa shape index (κ3) is 3.84. The molecule has 1 atom stereocenters. The third-order valence-corrected chi connectivity index (χ3v) is 4.12. The lowest BCUT2D eigenvalue weighted by molar-refractivity contribution is 0.00369. The Labute approximate surface area is 119 Å². The average Bonchev–Trinajstić information content (AvgIpc) is 2.37. The molecule has 1 fully saturated rings. The largest absolute Gasteiger partial charge is 0.387 e. The molecule has 0 unspecified atom stereocenters. The number of hydrogen-bond acceptors (Lipinski definition) is 5. The summed E-state index contributed by atoms with van der Waals surface area (Å²) < 4.78 is 0. The van der Waals surface area contributed by atoms with Crippen molar-refractivity contribution in [2.75, 3.05) is 44.9 Å². The number of nitrogens with zero attached hydrogens (tertiary/aromatic N) is 3. The van der Waals surface area contributed by atoms with Crippen LogP contribution in [0.3, 0.4) is 0 Å². The first-order valence-corrected chi connectivity index (χ1v) is 7.87. The van der Waals surface area contributed by atoms with Crippen LogP contribution >= 0.6 is 11.8 Å². The van der Waals surface area contributed by atoms with Crippen molar-refractivity contribution in [1.82, 2.24) is 9.88 Å². The lowest BCUT2D eigenvalue weighted by Crippen LogP contribution is -2.53. The number of aromatic nitrogens is 1. The Kier molecular flexibility index (Phi) is 4.71. The van der Waals surface area contributed by atoms with E-state index in [4.69, 9.17) is 0 Å². The van der Waals surface area contributed by atoms with Crippen molar-refractivity contribution in [1.29, 1.82) is 0 Å². The van der Waals surface area contributed by atoms with Crippen LogP contribution in [0.2, 0.25) is 0 Å². The van der Waals surface area contributed by atoms with Crippen LogP contribution in [0, 0.1) is 0 Å². The van der Waals surface area contributed by atoms with E-state index in [0.717, 1.165) is 30.1 Å². The molecule has 4 nitrogen and oxygen atoms in total. The van der Waals surface area contributed by atoms with Gasteiger partial charge in [0.1, 0.15) is 0 Å². The highest BCUT2D eigenvalue weighted by molar-refractivity contribution is 7.98. The van der Waals surface area contributed by atoms with Crippen molar-refractivity contribution in [3.63, 3.8) is 0 Å². The fourth-order valence-electron chi connectivity index (χ4n) is 2.73. The second-order valence-electron chi connectivity index (χ2n) is 5.55. The Bertz CT molecular complexity index is 410. The smallest absolute Gasteiger partial charge is 0.0958 e. The Morgan fingerprint density at radius 2 is 2.26 bits per heavy atom. The van der Waals surface area contributed by atoms with Crippen LogP contribution in [0.15, 0.2) is 23.4 Å². The first-order chi connectivity index (χ1) is 9.02. The van der Waals surface area contributed by atoms with Gasteiger partial charge in [-0.2, -0.15) is 0 Å². The molecule has 0 radical (unpaired) electrons. The molecule has 1 aliphatic heterocycles. The number of pyridine rings is 1. The quantitative estimate of drug-likeness (QED) is 0.851. The molecule has 1 N–H and O–H groups in total. The number of piperidine rings is 1. The summed E-state index contributed by atoms with van der Waals surface area (Å²) in [7, 11) is 4.01. The molecule has 1 aliphatic rings. The van der Waals surface area contributed by atoms with Gasteiger partial charge < -0.3 is 14.9 Å². The second-order valence-corrected chi connectivity index (χ2v) is 6.37. The minimum atomic E-state index is -0.611. The zero-order chi connectivity index (χ0) is 13.9. The van der Waals surface area contributed by atoms with Crippen molar-refractivity contribution in [3.05, 3.63) is 18.3 Å². The summed E-state index contributed by atoms with van der Waals surface area (Å²) >= 11 is 1.65. The van der Waals surface area contributed by atoms with Crippen molar-refractivity contribution >= 4 is 17.4 Å². The zero-order valence-electron chi connectivity index (χ0n) is 12.0. The summed E-state index contributed by atoms with van der Waals surface area (Å²) in [6, 6.07) is 4.14. The van der Waals surface area contributed by atoms with Gasteiger partial charge in [-0.3, -0.25) is 0 Å². The number of aliphatic hydroxyl groups is 1. The standard InChI is InChI=1S/C14H23N3OS/c1-16(2)10-14(18)7-4-8-17(11-14)12-5-6-13(19-3)15-9-12/h5-6,9,18H,4,7-8,10-11H2,1-3H3/t14-/m1/s1. The zero-order valence-corrected chi connectivity index (χ0v) is 12.8. The molecule has 0 amide bonds. The molecule has 0 aliphatic carbocycles. The van der Waals surface area contributed by atoms with Gasteiger partial charge in [-0.05, 0) is 45.3 Å². The predicted molar refractivity (Wildman–Crippen MR) is 81.0 cm³/mol. The number of β-amino-alcohol motifs (C(OH)–C–C–N with tert-alkyl or cyclic N) is 1. The molecule has 0 aromatic carbocycles. The minimum absolute atomic E-state index is 0.611. The predicted octanol–water partition coefficient (Wildman–Crippen LogP) is 1.70. The fraction of sp³-hybridized carbons (Fsp3) is 0.643.